The summed E-state index contributed by atoms with van der Waals surface area (Å²) in [6.07, 6.45) is -4.38. The summed E-state index contributed by atoms with van der Waals surface area (Å²) >= 11 is 0. The molecule has 0 bridgehead atoms. The fraction of sp³-hybridized carbons (Fsp3) is 0.500. The highest BCUT2D eigenvalue weighted by Gasteiger charge is 2.27. The van der Waals surface area contributed by atoms with Gasteiger partial charge in [0, 0.05) is 6.04 Å². The standard InChI is InChI=1S/C14H19F3N2O/c1-9-4-5-12(10(2)6-9)11(3)18-7-13(20)19-8-14(15,16)17/h4-6,11,18H,7-8H2,1-3H3,(H,19,20). The lowest BCUT2D eigenvalue weighted by Gasteiger charge is -2.17. The van der Waals surface area contributed by atoms with Crippen molar-refractivity contribution in [2.24, 2.45) is 0 Å². The molecule has 0 saturated heterocycles. The van der Waals surface area contributed by atoms with Crippen LogP contribution in [0.25, 0.3) is 0 Å². The lowest BCUT2D eigenvalue weighted by molar-refractivity contribution is -0.137. The molecule has 0 radical (unpaired) electrons. The van der Waals surface area contributed by atoms with Crippen molar-refractivity contribution in [2.45, 2.75) is 33.0 Å². The van der Waals surface area contributed by atoms with E-state index in [1.165, 1.54) is 0 Å². The Morgan fingerprint density at radius 2 is 1.95 bits per heavy atom. The number of rotatable bonds is 5. The minimum absolute atomic E-state index is 0.104. The summed E-state index contributed by atoms with van der Waals surface area (Å²) in [5.41, 5.74) is 3.25. The van der Waals surface area contributed by atoms with Crippen molar-refractivity contribution >= 4 is 5.91 Å². The van der Waals surface area contributed by atoms with Gasteiger partial charge in [-0.1, -0.05) is 23.8 Å². The van der Waals surface area contributed by atoms with Crippen LogP contribution in [0.5, 0.6) is 0 Å². The van der Waals surface area contributed by atoms with Gasteiger partial charge < -0.3 is 10.6 Å². The second-order valence-corrected chi connectivity index (χ2v) is 4.85. The molecule has 0 saturated carbocycles. The fourth-order valence-electron chi connectivity index (χ4n) is 1.93. The van der Waals surface area contributed by atoms with Crippen molar-refractivity contribution in [3.8, 4) is 0 Å². The average molecular weight is 288 g/mol. The maximum Gasteiger partial charge on any atom is 0.405 e. The first kappa shape index (κ1) is 16.5. The van der Waals surface area contributed by atoms with E-state index in [0.717, 1.165) is 16.7 Å². The number of aryl methyl sites for hydroxylation is 2. The summed E-state index contributed by atoms with van der Waals surface area (Å²) < 4.78 is 35.8. The minimum atomic E-state index is -4.38. The van der Waals surface area contributed by atoms with E-state index in [9.17, 15) is 18.0 Å². The van der Waals surface area contributed by atoms with Crippen LogP contribution in [0.4, 0.5) is 13.2 Å². The predicted octanol–water partition coefficient (Wildman–Crippen LogP) is 2.63. The van der Waals surface area contributed by atoms with Crippen LogP contribution in [0.3, 0.4) is 0 Å². The second kappa shape index (κ2) is 6.74. The minimum Gasteiger partial charge on any atom is -0.346 e. The molecule has 2 N–H and O–H groups in total. The van der Waals surface area contributed by atoms with Crippen LogP contribution >= 0.6 is 0 Å². The van der Waals surface area contributed by atoms with E-state index in [-0.39, 0.29) is 12.6 Å². The molecule has 0 aliphatic carbocycles. The van der Waals surface area contributed by atoms with Gasteiger partial charge in [-0.05, 0) is 31.9 Å². The quantitative estimate of drug-likeness (QED) is 0.874. The van der Waals surface area contributed by atoms with Crippen molar-refractivity contribution in [3.05, 3.63) is 34.9 Å². The Kier molecular flexibility index (Phi) is 5.56. The molecular weight excluding hydrogens is 269 g/mol. The zero-order valence-corrected chi connectivity index (χ0v) is 11.8. The molecule has 1 atom stereocenters. The number of carbonyl (C=O) groups is 1. The fourth-order valence-corrected chi connectivity index (χ4v) is 1.93. The van der Waals surface area contributed by atoms with E-state index >= 15 is 0 Å². The monoisotopic (exact) mass is 288 g/mol. The zero-order valence-electron chi connectivity index (χ0n) is 11.8. The SMILES string of the molecule is Cc1ccc(C(C)NCC(=O)NCC(F)(F)F)c(C)c1. The Bertz CT molecular complexity index is 472. The van der Waals surface area contributed by atoms with Crippen LogP contribution in [0.1, 0.15) is 29.7 Å². The smallest absolute Gasteiger partial charge is 0.346 e. The molecule has 0 aliphatic heterocycles. The van der Waals surface area contributed by atoms with Crippen LogP contribution in [0, 0.1) is 13.8 Å². The number of hydrogen-bond donors (Lipinski definition) is 2. The number of nitrogens with one attached hydrogen (secondary N) is 2. The van der Waals surface area contributed by atoms with Gasteiger partial charge in [-0.15, -0.1) is 0 Å². The molecule has 1 aromatic rings. The van der Waals surface area contributed by atoms with Crippen LogP contribution in [0.15, 0.2) is 18.2 Å². The van der Waals surface area contributed by atoms with E-state index in [1.54, 1.807) is 0 Å². The van der Waals surface area contributed by atoms with Gasteiger partial charge in [0.2, 0.25) is 5.91 Å². The van der Waals surface area contributed by atoms with Crippen LogP contribution in [-0.2, 0) is 4.79 Å². The first-order valence-corrected chi connectivity index (χ1v) is 6.33. The maximum absolute atomic E-state index is 11.9. The van der Waals surface area contributed by atoms with Gasteiger partial charge in [0.15, 0.2) is 0 Å². The molecular formula is C14H19F3N2O. The normalized spacial score (nSPS) is 13.1. The largest absolute Gasteiger partial charge is 0.405 e. The number of hydrogen-bond acceptors (Lipinski definition) is 2. The summed E-state index contributed by atoms with van der Waals surface area (Å²) in [6.45, 7) is 4.37. The van der Waals surface area contributed by atoms with Gasteiger partial charge in [-0.2, -0.15) is 13.2 Å². The molecule has 1 aromatic carbocycles. The predicted molar refractivity (Wildman–Crippen MR) is 71.4 cm³/mol. The lowest BCUT2D eigenvalue weighted by atomic mass is 10.0. The van der Waals surface area contributed by atoms with E-state index in [0.29, 0.717) is 0 Å². The molecule has 0 aliphatic rings. The molecule has 0 fully saturated rings. The van der Waals surface area contributed by atoms with Crippen molar-refractivity contribution in [1.82, 2.24) is 10.6 Å². The molecule has 1 unspecified atom stereocenters. The number of halogens is 3. The molecule has 3 nitrogen and oxygen atoms in total. The summed E-state index contributed by atoms with van der Waals surface area (Å²) in [5.74, 6) is -0.668. The number of carbonyl (C=O) groups excluding carboxylic acids is 1. The summed E-state index contributed by atoms with van der Waals surface area (Å²) in [6, 6.07) is 5.84. The van der Waals surface area contributed by atoms with E-state index < -0.39 is 18.6 Å². The second-order valence-electron chi connectivity index (χ2n) is 4.85. The lowest BCUT2D eigenvalue weighted by Crippen LogP contribution is -2.39. The molecule has 1 amide bonds. The van der Waals surface area contributed by atoms with Gasteiger partial charge in [0.05, 0.1) is 6.54 Å². The Morgan fingerprint density at radius 1 is 1.30 bits per heavy atom. The third-order valence-electron chi connectivity index (χ3n) is 2.95. The molecule has 20 heavy (non-hydrogen) atoms. The first-order chi connectivity index (χ1) is 9.19. The zero-order chi connectivity index (χ0) is 15.3. The summed E-state index contributed by atoms with van der Waals surface area (Å²) in [5, 5.41) is 4.74. The van der Waals surface area contributed by atoms with Crippen molar-refractivity contribution in [3.63, 3.8) is 0 Å². The molecule has 0 aromatic heterocycles. The highest BCUT2D eigenvalue weighted by molar-refractivity contribution is 5.78. The Balaban J connectivity index is 2.47. The third kappa shape index (κ3) is 5.61. The van der Waals surface area contributed by atoms with Crippen molar-refractivity contribution in [1.29, 1.82) is 0 Å². The number of amides is 1. The first-order valence-electron chi connectivity index (χ1n) is 6.33. The molecule has 1 rings (SSSR count). The van der Waals surface area contributed by atoms with E-state index in [1.807, 2.05) is 44.3 Å². The third-order valence-corrected chi connectivity index (χ3v) is 2.95. The highest BCUT2D eigenvalue weighted by Crippen LogP contribution is 2.18. The Labute approximate surface area is 116 Å². The van der Waals surface area contributed by atoms with Gasteiger partial charge in [-0.3, -0.25) is 4.79 Å². The Hall–Kier alpha value is -1.56. The molecule has 0 heterocycles. The van der Waals surface area contributed by atoms with E-state index in [4.69, 9.17) is 0 Å². The maximum atomic E-state index is 11.9. The van der Waals surface area contributed by atoms with Crippen LogP contribution in [-0.4, -0.2) is 25.2 Å². The number of benzene rings is 1. The number of alkyl halides is 3. The average Bonchev–Trinajstić information content (AvgIpc) is 2.32. The van der Waals surface area contributed by atoms with Gasteiger partial charge in [-0.25, -0.2) is 0 Å². The molecule has 0 spiro atoms. The van der Waals surface area contributed by atoms with Gasteiger partial charge in [0.25, 0.3) is 0 Å². The van der Waals surface area contributed by atoms with Crippen LogP contribution in [0.2, 0.25) is 0 Å². The van der Waals surface area contributed by atoms with Gasteiger partial charge >= 0.3 is 6.18 Å². The topological polar surface area (TPSA) is 41.1 Å². The molecule has 112 valence electrons. The van der Waals surface area contributed by atoms with Crippen LogP contribution < -0.4 is 10.6 Å². The van der Waals surface area contributed by atoms with Crippen molar-refractivity contribution in [2.75, 3.05) is 13.1 Å². The Morgan fingerprint density at radius 3 is 2.50 bits per heavy atom. The molecule has 6 heteroatoms. The highest BCUT2D eigenvalue weighted by atomic mass is 19.4. The van der Waals surface area contributed by atoms with Gasteiger partial charge in [0.1, 0.15) is 6.54 Å². The van der Waals surface area contributed by atoms with E-state index in [2.05, 4.69) is 5.32 Å². The van der Waals surface area contributed by atoms with Crippen molar-refractivity contribution < 1.29 is 18.0 Å². The summed E-state index contributed by atoms with van der Waals surface area (Å²) in [4.78, 5) is 11.3. The summed E-state index contributed by atoms with van der Waals surface area (Å²) in [7, 11) is 0.